The fraction of sp³-hybridized carbons (Fsp3) is 0.632. The number of amides is 1. The number of anilines is 1. The largest absolute Gasteiger partial charge is 0.371 e. The third kappa shape index (κ3) is 3.82. The summed E-state index contributed by atoms with van der Waals surface area (Å²) in [6, 6.07) is 8.49. The maximum Gasteiger partial charge on any atom is 0.226 e. The number of hydrogen-bond donors (Lipinski definition) is 0. The minimum Gasteiger partial charge on any atom is -0.371 e. The lowest BCUT2D eigenvalue weighted by molar-refractivity contribution is -0.140. The Hall–Kier alpha value is -1.22. The van der Waals surface area contributed by atoms with Gasteiger partial charge in [-0.05, 0) is 56.7 Å². The van der Waals surface area contributed by atoms with Crippen molar-refractivity contribution in [2.24, 2.45) is 5.92 Å². The molecule has 3 rings (SSSR count). The summed E-state index contributed by atoms with van der Waals surface area (Å²) in [5.74, 6) is 0.611. The van der Waals surface area contributed by atoms with Crippen LogP contribution in [-0.2, 0) is 4.79 Å². The number of carbonyl (C=O) groups is 1. The standard InChI is InChI=1S/C19H27ClN2O/c1-2-17-7-3-4-11-22(17)19(23)15-9-12-21(13-10-15)18-8-5-6-16(20)14-18/h5-6,8,14-15,17H,2-4,7,9-13H2,1H3. The number of piperidine rings is 2. The van der Waals surface area contributed by atoms with E-state index in [9.17, 15) is 4.79 Å². The Balaban J connectivity index is 1.59. The van der Waals surface area contributed by atoms with Crippen molar-refractivity contribution in [3.8, 4) is 0 Å². The summed E-state index contributed by atoms with van der Waals surface area (Å²) in [4.78, 5) is 17.4. The van der Waals surface area contributed by atoms with Crippen LogP contribution in [0.1, 0.15) is 45.4 Å². The van der Waals surface area contributed by atoms with Crippen LogP contribution < -0.4 is 4.90 Å². The van der Waals surface area contributed by atoms with Crippen molar-refractivity contribution >= 4 is 23.2 Å². The second-order valence-electron chi connectivity index (χ2n) is 6.83. The highest BCUT2D eigenvalue weighted by atomic mass is 35.5. The Bertz CT molecular complexity index is 540. The van der Waals surface area contributed by atoms with Crippen molar-refractivity contribution < 1.29 is 4.79 Å². The average Bonchev–Trinajstić information content (AvgIpc) is 2.61. The maximum atomic E-state index is 12.9. The fourth-order valence-corrected chi connectivity index (χ4v) is 4.19. The lowest BCUT2D eigenvalue weighted by Gasteiger charge is -2.40. The summed E-state index contributed by atoms with van der Waals surface area (Å²) in [5, 5.41) is 0.778. The summed E-state index contributed by atoms with van der Waals surface area (Å²) < 4.78 is 0. The van der Waals surface area contributed by atoms with Crippen LogP contribution >= 0.6 is 11.6 Å². The number of hydrogen-bond acceptors (Lipinski definition) is 2. The van der Waals surface area contributed by atoms with Crippen molar-refractivity contribution in [3.63, 3.8) is 0 Å². The summed E-state index contributed by atoms with van der Waals surface area (Å²) in [6.45, 7) is 5.06. The van der Waals surface area contributed by atoms with Crippen LogP contribution in [0.15, 0.2) is 24.3 Å². The van der Waals surface area contributed by atoms with Crippen LogP contribution in [-0.4, -0.2) is 36.5 Å². The summed E-state index contributed by atoms with van der Waals surface area (Å²) in [5.41, 5.74) is 1.17. The predicted molar refractivity (Wildman–Crippen MR) is 96.0 cm³/mol. The lowest BCUT2D eigenvalue weighted by Crippen LogP contribution is -2.48. The first kappa shape index (κ1) is 16.6. The number of likely N-dealkylation sites (tertiary alicyclic amines) is 1. The van der Waals surface area contributed by atoms with Crippen LogP contribution in [0.4, 0.5) is 5.69 Å². The molecule has 4 heteroatoms. The van der Waals surface area contributed by atoms with E-state index in [0.29, 0.717) is 11.9 Å². The van der Waals surface area contributed by atoms with Gasteiger partial charge in [0.05, 0.1) is 0 Å². The first-order valence-electron chi connectivity index (χ1n) is 9.00. The van der Waals surface area contributed by atoms with Crippen molar-refractivity contribution in [2.75, 3.05) is 24.5 Å². The molecule has 2 heterocycles. The molecule has 1 atom stereocenters. The van der Waals surface area contributed by atoms with Gasteiger partial charge in [0.15, 0.2) is 0 Å². The summed E-state index contributed by atoms with van der Waals surface area (Å²) >= 11 is 6.09. The first-order chi connectivity index (χ1) is 11.2. The second-order valence-corrected chi connectivity index (χ2v) is 7.27. The minimum atomic E-state index is 0.206. The molecule has 1 unspecified atom stereocenters. The molecule has 1 amide bonds. The van der Waals surface area contributed by atoms with E-state index in [1.807, 2.05) is 18.2 Å². The van der Waals surface area contributed by atoms with Crippen molar-refractivity contribution in [3.05, 3.63) is 29.3 Å². The highest BCUT2D eigenvalue weighted by molar-refractivity contribution is 6.30. The van der Waals surface area contributed by atoms with Crippen LogP contribution in [0.25, 0.3) is 0 Å². The van der Waals surface area contributed by atoms with E-state index in [1.165, 1.54) is 24.9 Å². The topological polar surface area (TPSA) is 23.6 Å². The number of rotatable bonds is 3. The molecule has 2 fully saturated rings. The number of benzene rings is 1. The van der Waals surface area contributed by atoms with Gasteiger partial charge in [0, 0.05) is 42.3 Å². The number of carbonyl (C=O) groups excluding carboxylic acids is 1. The SMILES string of the molecule is CCC1CCCCN1C(=O)C1CCN(c2cccc(Cl)c2)CC1. The molecule has 0 saturated carbocycles. The molecule has 0 radical (unpaired) electrons. The van der Waals surface area contributed by atoms with Gasteiger partial charge in [-0.2, -0.15) is 0 Å². The molecule has 0 aromatic heterocycles. The molecule has 2 saturated heterocycles. The normalized spacial score (nSPS) is 23.1. The highest BCUT2D eigenvalue weighted by Crippen LogP contribution is 2.29. The van der Waals surface area contributed by atoms with Gasteiger partial charge in [0.2, 0.25) is 5.91 Å². The Labute approximate surface area is 144 Å². The van der Waals surface area contributed by atoms with Gasteiger partial charge in [0.1, 0.15) is 0 Å². The zero-order valence-electron chi connectivity index (χ0n) is 14.0. The predicted octanol–water partition coefficient (Wildman–Crippen LogP) is 4.35. The van der Waals surface area contributed by atoms with Gasteiger partial charge in [-0.25, -0.2) is 0 Å². The van der Waals surface area contributed by atoms with E-state index >= 15 is 0 Å². The van der Waals surface area contributed by atoms with E-state index in [-0.39, 0.29) is 5.92 Å². The molecule has 0 N–H and O–H groups in total. The third-order valence-electron chi connectivity index (χ3n) is 5.40. The molecule has 1 aromatic rings. The van der Waals surface area contributed by atoms with Gasteiger partial charge in [-0.1, -0.05) is 24.6 Å². The lowest BCUT2D eigenvalue weighted by atomic mass is 9.91. The number of nitrogens with zero attached hydrogens (tertiary/aromatic N) is 2. The van der Waals surface area contributed by atoms with Crippen LogP contribution in [0.2, 0.25) is 5.02 Å². The van der Waals surface area contributed by atoms with Crippen LogP contribution in [0, 0.1) is 5.92 Å². The van der Waals surface area contributed by atoms with Gasteiger partial charge in [-0.15, -0.1) is 0 Å². The van der Waals surface area contributed by atoms with Gasteiger partial charge in [-0.3, -0.25) is 4.79 Å². The van der Waals surface area contributed by atoms with Crippen LogP contribution in [0.3, 0.4) is 0 Å². The maximum absolute atomic E-state index is 12.9. The van der Waals surface area contributed by atoms with Gasteiger partial charge in [0.25, 0.3) is 0 Å². The molecular formula is C19H27ClN2O. The van der Waals surface area contributed by atoms with Gasteiger partial charge >= 0.3 is 0 Å². The van der Waals surface area contributed by atoms with E-state index in [2.05, 4.69) is 22.8 Å². The number of halogens is 1. The Morgan fingerprint density at radius 2 is 1.96 bits per heavy atom. The summed E-state index contributed by atoms with van der Waals surface area (Å²) in [7, 11) is 0. The van der Waals surface area contributed by atoms with E-state index in [1.54, 1.807) is 0 Å². The second kappa shape index (κ2) is 7.57. The molecule has 2 aliphatic heterocycles. The quantitative estimate of drug-likeness (QED) is 0.820. The zero-order chi connectivity index (χ0) is 16.2. The molecule has 0 aliphatic carbocycles. The summed E-state index contributed by atoms with van der Waals surface area (Å²) in [6.07, 6.45) is 6.63. The van der Waals surface area contributed by atoms with Crippen molar-refractivity contribution in [1.29, 1.82) is 0 Å². The first-order valence-corrected chi connectivity index (χ1v) is 9.38. The third-order valence-corrected chi connectivity index (χ3v) is 5.63. The molecular weight excluding hydrogens is 308 g/mol. The van der Waals surface area contributed by atoms with Crippen molar-refractivity contribution in [1.82, 2.24) is 4.90 Å². The van der Waals surface area contributed by atoms with Gasteiger partial charge < -0.3 is 9.80 Å². The highest BCUT2D eigenvalue weighted by Gasteiger charge is 2.32. The smallest absolute Gasteiger partial charge is 0.226 e. The molecule has 0 bridgehead atoms. The molecule has 0 spiro atoms. The van der Waals surface area contributed by atoms with Crippen molar-refractivity contribution in [2.45, 2.75) is 51.5 Å². The monoisotopic (exact) mass is 334 g/mol. The zero-order valence-corrected chi connectivity index (χ0v) is 14.8. The Morgan fingerprint density at radius 1 is 1.17 bits per heavy atom. The molecule has 126 valence electrons. The van der Waals surface area contributed by atoms with E-state index in [4.69, 9.17) is 11.6 Å². The molecule has 2 aliphatic rings. The molecule has 3 nitrogen and oxygen atoms in total. The molecule has 1 aromatic carbocycles. The van der Waals surface area contributed by atoms with E-state index < -0.39 is 0 Å². The molecule has 23 heavy (non-hydrogen) atoms. The Kier molecular flexibility index (Phi) is 5.47. The van der Waals surface area contributed by atoms with E-state index in [0.717, 1.165) is 43.9 Å². The minimum absolute atomic E-state index is 0.206. The average molecular weight is 335 g/mol. The Morgan fingerprint density at radius 3 is 2.65 bits per heavy atom. The fourth-order valence-electron chi connectivity index (χ4n) is 4.01. The van der Waals surface area contributed by atoms with Crippen LogP contribution in [0.5, 0.6) is 0 Å².